The summed E-state index contributed by atoms with van der Waals surface area (Å²) in [5.41, 5.74) is 0.354. The maximum Gasteiger partial charge on any atom is 0.325 e. The summed E-state index contributed by atoms with van der Waals surface area (Å²) in [5, 5.41) is 15.1. The molecule has 0 unspecified atom stereocenters. The molecule has 0 aliphatic carbocycles. The summed E-state index contributed by atoms with van der Waals surface area (Å²) in [6.07, 6.45) is 3.50. The van der Waals surface area contributed by atoms with Crippen molar-refractivity contribution in [3.8, 4) is 0 Å². The van der Waals surface area contributed by atoms with Gasteiger partial charge >= 0.3 is 5.97 Å². The summed E-state index contributed by atoms with van der Waals surface area (Å²) in [7, 11) is 0. The molecule has 1 heterocycles. The van der Waals surface area contributed by atoms with E-state index in [0.717, 1.165) is 6.42 Å². The molecule has 0 saturated carbocycles. The van der Waals surface area contributed by atoms with Crippen LogP contribution in [0.2, 0.25) is 0 Å². The number of hydrogen-bond donors (Lipinski definition) is 2. The third-order valence-electron chi connectivity index (χ3n) is 2.15. The Labute approximate surface area is 105 Å². The highest BCUT2D eigenvalue weighted by Crippen LogP contribution is 1.97. The van der Waals surface area contributed by atoms with Crippen LogP contribution >= 0.6 is 0 Å². The first-order valence-electron chi connectivity index (χ1n) is 5.73. The van der Waals surface area contributed by atoms with Gasteiger partial charge in [-0.2, -0.15) is 5.10 Å². The number of hydrogen-bond acceptors (Lipinski definition) is 4. The highest BCUT2D eigenvalue weighted by atomic mass is 16.5. The van der Waals surface area contributed by atoms with Crippen LogP contribution in [-0.4, -0.2) is 46.5 Å². The minimum atomic E-state index is -0.998. The molecule has 2 N–H and O–H groups in total. The monoisotopic (exact) mass is 255 g/mol. The molecule has 100 valence electrons. The summed E-state index contributed by atoms with van der Waals surface area (Å²) >= 11 is 0. The van der Waals surface area contributed by atoms with Crippen molar-refractivity contribution in [1.29, 1.82) is 0 Å². The molecular formula is C11H17N3O4. The molecule has 7 nitrogen and oxygen atoms in total. The minimum absolute atomic E-state index is 0.252. The molecule has 1 aromatic rings. The molecule has 0 atom stereocenters. The summed E-state index contributed by atoms with van der Waals surface area (Å²) in [6, 6.07) is 0. The summed E-state index contributed by atoms with van der Waals surface area (Å²) in [6.45, 7) is 3.45. The molecule has 1 amide bonds. The molecule has 0 spiro atoms. The molecule has 1 rings (SSSR count). The Kier molecular flexibility index (Phi) is 5.86. The van der Waals surface area contributed by atoms with Crippen molar-refractivity contribution >= 4 is 11.9 Å². The van der Waals surface area contributed by atoms with E-state index in [9.17, 15) is 9.59 Å². The average Bonchev–Trinajstić information content (AvgIpc) is 2.76. The molecule has 0 aliphatic heterocycles. The molecule has 0 bridgehead atoms. The van der Waals surface area contributed by atoms with Crippen molar-refractivity contribution in [2.24, 2.45) is 0 Å². The van der Waals surface area contributed by atoms with Crippen LogP contribution in [-0.2, 0) is 16.1 Å². The van der Waals surface area contributed by atoms with Crippen LogP contribution in [0.3, 0.4) is 0 Å². The van der Waals surface area contributed by atoms with Gasteiger partial charge < -0.3 is 15.2 Å². The van der Waals surface area contributed by atoms with Gasteiger partial charge in [-0.25, -0.2) is 0 Å². The summed E-state index contributed by atoms with van der Waals surface area (Å²) in [4.78, 5) is 22.1. The van der Waals surface area contributed by atoms with E-state index in [4.69, 9.17) is 9.84 Å². The van der Waals surface area contributed by atoms with Gasteiger partial charge in [0.05, 0.1) is 11.8 Å². The molecular weight excluding hydrogens is 238 g/mol. The topological polar surface area (TPSA) is 93.5 Å². The third-order valence-corrected chi connectivity index (χ3v) is 2.15. The van der Waals surface area contributed by atoms with Gasteiger partial charge in [-0.1, -0.05) is 0 Å². The maximum absolute atomic E-state index is 11.6. The van der Waals surface area contributed by atoms with Crippen molar-refractivity contribution < 1.29 is 19.4 Å². The van der Waals surface area contributed by atoms with Gasteiger partial charge in [0.25, 0.3) is 5.91 Å². The van der Waals surface area contributed by atoms with Crippen molar-refractivity contribution in [3.05, 3.63) is 18.0 Å². The molecule has 1 aromatic heterocycles. The zero-order valence-corrected chi connectivity index (χ0v) is 10.3. The van der Waals surface area contributed by atoms with Crippen LogP contribution in [0.4, 0.5) is 0 Å². The lowest BCUT2D eigenvalue weighted by Gasteiger charge is -2.03. The van der Waals surface area contributed by atoms with Crippen molar-refractivity contribution in [3.63, 3.8) is 0 Å². The predicted molar refractivity (Wildman–Crippen MR) is 63.3 cm³/mol. The van der Waals surface area contributed by atoms with E-state index in [2.05, 4.69) is 10.4 Å². The van der Waals surface area contributed by atoms with Gasteiger partial charge in [0.2, 0.25) is 0 Å². The first kappa shape index (κ1) is 14.2. The van der Waals surface area contributed by atoms with Gasteiger partial charge in [0, 0.05) is 26.0 Å². The van der Waals surface area contributed by atoms with E-state index in [1.54, 1.807) is 0 Å². The highest BCUT2D eigenvalue weighted by Gasteiger charge is 2.09. The van der Waals surface area contributed by atoms with Gasteiger partial charge in [-0.05, 0) is 13.3 Å². The molecule has 0 radical (unpaired) electrons. The first-order valence-corrected chi connectivity index (χ1v) is 5.73. The second-order valence-corrected chi connectivity index (χ2v) is 3.63. The Morgan fingerprint density at radius 2 is 2.33 bits per heavy atom. The minimum Gasteiger partial charge on any atom is -0.480 e. The van der Waals surface area contributed by atoms with Crippen molar-refractivity contribution in [2.45, 2.75) is 19.9 Å². The zero-order valence-electron chi connectivity index (χ0n) is 10.3. The normalized spacial score (nSPS) is 10.3. The van der Waals surface area contributed by atoms with E-state index in [-0.39, 0.29) is 12.5 Å². The number of nitrogens with zero attached hydrogens (tertiary/aromatic N) is 2. The van der Waals surface area contributed by atoms with Crippen molar-refractivity contribution in [1.82, 2.24) is 15.1 Å². The van der Waals surface area contributed by atoms with Gasteiger partial charge in [0.1, 0.15) is 6.54 Å². The van der Waals surface area contributed by atoms with Crippen LogP contribution in [0.25, 0.3) is 0 Å². The van der Waals surface area contributed by atoms with Crippen molar-refractivity contribution in [2.75, 3.05) is 19.8 Å². The number of carboxylic acids is 1. The van der Waals surface area contributed by atoms with Gasteiger partial charge in [-0.15, -0.1) is 0 Å². The lowest BCUT2D eigenvalue weighted by Crippen LogP contribution is -2.25. The molecule has 0 fully saturated rings. The predicted octanol–water partition coefficient (Wildman–Crippen LogP) is 0.124. The number of ether oxygens (including phenoxy) is 1. The molecule has 0 aromatic carbocycles. The first-order chi connectivity index (χ1) is 8.63. The number of aromatic nitrogens is 2. The van der Waals surface area contributed by atoms with Gasteiger partial charge in [0.15, 0.2) is 0 Å². The van der Waals surface area contributed by atoms with Crippen LogP contribution < -0.4 is 5.32 Å². The van der Waals surface area contributed by atoms with Crippen LogP contribution in [0.15, 0.2) is 12.4 Å². The Balaban J connectivity index is 2.33. The molecule has 7 heteroatoms. The van der Waals surface area contributed by atoms with Crippen LogP contribution in [0.5, 0.6) is 0 Å². The number of rotatable bonds is 8. The summed E-state index contributed by atoms with van der Waals surface area (Å²) < 4.78 is 6.34. The van der Waals surface area contributed by atoms with E-state index in [0.29, 0.717) is 25.3 Å². The third kappa shape index (κ3) is 4.96. The Hall–Kier alpha value is -1.89. The van der Waals surface area contributed by atoms with E-state index in [1.165, 1.54) is 17.1 Å². The summed E-state index contributed by atoms with van der Waals surface area (Å²) in [5.74, 6) is -1.26. The van der Waals surface area contributed by atoms with Gasteiger partial charge in [-0.3, -0.25) is 14.3 Å². The number of carbonyl (C=O) groups is 2. The quantitative estimate of drug-likeness (QED) is 0.644. The number of aliphatic carboxylic acids is 1. The SMILES string of the molecule is CCOCCCNC(=O)c1cnn(CC(=O)O)c1. The Morgan fingerprint density at radius 1 is 1.56 bits per heavy atom. The zero-order chi connectivity index (χ0) is 13.4. The largest absolute Gasteiger partial charge is 0.480 e. The molecule has 18 heavy (non-hydrogen) atoms. The maximum atomic E-state index is 11.6. The Bertz CT molecular complexity index is 403. The lowest BCUT2D eigenvalue weighted by atomic mass is 10.3. The number of amides is 1. The second-order valence-electron chi connectivity index (χ2n) is 3.63. The fourth-order valence-electron chi connectivity index (χ4n) is 1.33. The van der Waals surface area contributed by atoms with Crippen LogP contribution in [0.1, 0.15) is 23.7 Å². The highest BCUT2D eigenvalue weighted by molar-refractivity contribution is 5.93. The standard InChI is InChI=1S/C11H17N3O4/c1-2-18-5-3-4-12-11(17)9-6-13-14(7-9)8-10(15)16/h6-7H,2-5,8H2,1H3,(H,12,17)(H,15,16). The van der Waals surface area contributed by atoms with E-state index in [1.807, 2.05) is 6.92 Å². The smallest absolute Gasteiger partial charge is 0.325 e. The second kappa shape index (κ2) is 7.44. The number of carbonyl (C=O) groups excluding carboxylic acids is 1. The Morgan fingerprint density at radius 3 is 3.00 bits per heavy atom. The fraction of sp³-hybridized carbons (Fsp3) is 0.545. The van der Waals surface area contributed by atoms with E-state index >= 15 is 0 Å². The molecule has 0 aliphatic rings. The molecule has 0 saturated heterocycles. The number of nitrogens with one attached hydrogen (secondary N) is 1. The average molecular weight is 255 g/mol. The van der Waals surface area contributed by atoms with E-state index < -0.39 is 5.97 Å². The fourth-order valence-corrected chi connectivity index (χ4v) is 1.33. The lowest BCUT2D eigenvalue weighted by molar-refractivity contribution is -0.137. The van der Waals surface area contributed by atoms with Crippen LogP contribution in [0, 0.1) is 0 Å². The number of carboxylic acid groups (broad SMARTS) is 1.